The first-order chi connectivity index (χ1) is 13.5. The van der Waals surface area contributed by atoms with Gasteiger partial charge in [0.2, 0.25) is 5.91 Å². The molecule has 1 aliphatic rings. The molecule has 1 aromatic heterocycles. The van der Waals surface area contributed by atoms with Crippen LogP contribution in [-0.4, -0.2) is 49.2 Å². The van der Waals surface area contributed by atoms with Crippen molar-refractivity contribution in [2.24, 2.45) is 0 Å². The Labute approximate surface area is 163 Å². The zero-order valence-electron chi connectivity index (χ0n) is 16.3. The van der Waals surface area contributed by atoms with E-state index < -0.39 is 11.6 Å². The summed E-state index contributed by atoms with van der Waals surface area (Å²) in [5.74, 6) is 0.771. The number of hydrogen-bond donors (Lipinski definition) is 1. The molecule has 1 saturated heterocycles. The smallest absolute Gasteiger partial charge is 0.271 e. The normalized spacial score (nSPS) is 17.2. The van der Waals surface area contributed by atoms with Crippen molar-refractivity contribution >= 4 is 5.91 Å². The molecule has 1 aromatic carbocycles. The highest BCUT2D eigenvalue weighted by molar-refractivity contribution is 5.80. The number of aromatic nitrogens is 2. The fourth-order valence-corrected chi connectivity index (χ4v) is 3.11. The molecule has 0 bridgehead atoms. The summed E-state index contributed by atoms with van der Waals surface area (Å²) in [7, 11) is 3.07. The van der Waals surface area contributed by atoms with Crippen molar-refractivity contribution in [3.8, 4) is 22.8 Å². The Morgan fingerprint density at radius 2 is 2.07 bits per heavy atom. The number of methoxy groups -OCH3 is 2. The van der Waals surface area contributed by atoms with Gasteiger partial charge in [-0.3, -0.25) is 9.59 Å². The molecule has 2 atom stereocenters. The highest BCUT2D eigenvalue weighted by Crippen LogP contribution is 2.28. The highest BCUT2D eigenvalue weighted by atomic mass is 16.5. The van der Waals surface area contributed by atoms with Gasteiger partial charge in [-0.05, 0) is 44.0 Å². The summed E-state index contributed by atoms with van der Waals surface area (Å²) in [6.45, 7) is 2.80. The van der Waals surface area contributed by atoms with E-state index in [9.17, 15) is 9.59 Å². The van der Waals surface area contributed by atoms with Crippen molar-refractivity contribution in [1.29, 1.82) is 0 Å². The van der Waals surface area contributed by atoms with Gasteiger partial charge in [-0.1, -0.05) is 0 Å². The topological polar surface area (TPSA) is 91.7 Å². The van der Waals surface area contributed by atoms with Gasteiger partial charge in [0.15, 0.2) is 5.75 Å². The second-order valence-electron chi connectivity index (χ2n) is 6.63. The van der Waals surface area contributed by atoms with Crippen LogP contribution in [0.5, 0.6) is 11.5 Å². The van der Waals surface area contributed by atoms with Gasteiger partial charge in [-0.25, -0.2) is 4.68 Å². The molecule has 0 saturated carbocycles. The Balaban J connectivity index is 1.85. The van der Waals surface area contributed by atoms with Crippen LogP contribution in [-0.2, 0) is 9.53 Å². The average molecular weight is 387 g/mol. The van der Waals surface area contributed by atoms with Crippen LogP contribution in [0.15, 0.2) is 35.1 Å². The van der Waals surface area contributed by atoms with Crippen LogP contribution < -0.4 is 20.3 Å². The number of carbonyl (C=O) groups is 1. The Bertz CT molecular complexity index is 872. The maximum atomic E-state index is 12.5. The third-order valence-electron chi connectivity index (χ3n) is 4.78. The number of benzene rings is 1. The quantitative estimate of drug-likeness (QED) is 0.779. The lowest BCUT2D eigenvalue weighted by atomic mass is 10.1. The fraction of sp³-hybridized carbons (Fsp3) is 0.450. The molecule has 150 valence electrons. The molecule has 3 rings (SSSR count). The maximum absolute atomic E-state index is 12.5. The van der Waals surface area contributed by atoms with Crippen molar-refractivity contribution in [3.05, 3.63) is 40.7 Å². The molecule has 0 unspecified atom stereocenters. The lowest BCUT2D eigenvalue weighted by Crippen LogP contribution is -2.40. The largest absolute Gasteiger partial charge is 0.497 e. The Kier molecular flexibility index (Phi) is 6.30. The molecule has 2 aromatic rings. The standard InChI is InChI=1S/C20H25N3O5/c1-13(20(25)21-12-16-5-4-10-28-16)23-18(24)11-17(27-3)19(22-23)14-6-8-15(26-2)9-7-14/h6-9,11,13,16H,4-5,10,12H2,1-3H3,(H,21,25)/t13-,16+/m0/s1. The molecular weight excluding hydrogens is 362 g/mol. The summed E-state index contributed by atoms with van der Waals surface area (Å²) in [6, 6.07) is 7.81. The van der Waals surface area contributed by atoms with E-state index in [1.807, 2.05) is 12.1 Å². The zero-order valence-corrected chi connectivity index (χ0v) is 16.3. The minimum Gasteiger partial charge on any atom is -0.497 e. The van der Waals surface area contributed by atoms with Gasteiger partial charge in [-0.2, -0.15) is 5.10 Å². The minimum atomic E-state index is -0.767. The molecule has 28 heavy (non-hydrogen) atoms. The molecule has 0 radical (unpaired) electrons. The highest BCUT2D eigenvalue weighted by Gasteiger charge is 2.22. The van der Waals surface area contributed by atoms with Gasteiger partial charge in [0.05, 0.1) is 20.3 Å². The van der Waals surface area contributed by atoms with E-state index >= 15 is 0 Å². The van der Waals surface area contributed by atoms with Crippen molar-refractivity contribution in [3.63, 3.8) is 0 Å². The molecule has 0 spiro atoms. The summed E-state index contributed by atoms with van der Waals surface area (Å²) in [5, 5.41) is 7.26. The van der Waals surface area contributed by atoms with E-state index in [1.54, 1.807) is 26.2 Å². The number of ether oxygens (including phenoxy) is 3. The number of nitrogens with zero attached hydrogens (tertiary/aromatic N) is 2. The van der Waals surface area contributed by atoms with Crippen LogP contribution in [0.2, 0.25) is 0 Å². The number of rotatable bonds is 7. The lowest BCUT2D eigenvalue weighted by molar-refractivity contribution is -0.124. The van der Waals surface area contributed by atoms with E-state index in [1.165, 1.54) is 17.9 Å². The number of amides is 1. The summed E-state index contributed by atoms with van der Waals surface area (Å²) in [5.41, 5.74) is 0.816. The lowest BCUT2D eigenvalue weighted by Gasteiger charge is -2.18. The second-order valence-corrected chi connectivity index (χ2v) is 6.63. The van der Waals surface area contributed by atoms with Crippen LogP contribution in [0.1, 0.15) is 25.8 Å². The molecular formula is C20H25N3O5. The van der Waals surface area contributed by atoms with Crippen LogP contribution in [0, 0.1) is 0 Å². The maximum Gasteiger partial charge on any atom is 0.271 e. The molecule has 8 heteroatoms. The predicted molar refractivity (Wildman–Crippen MR) is 104 cm³/mol. The van der Waals surface area contributed by atoms with Gasteiger partial charge < -0.3 is 19.5 Å². The Hall–Kier alpha value is -2.87. The SMILES string of the molecule is COc1ccc(-c2nn([C@@H](C)C(=O)NC[C@H]3CCCO3)c(=O)cc2OC)cc1. The van der Waals surface area contributed by atoms with Gasteiger partial charge in [0, 0.05) is 24.8 Å². The number of carbonyl (C=O) groups excluding carboxylic acids is 1. The van der Waals surface area contributed by atoms with Crippen LogP contribution in [0.4, 0.5) is 0 Å². The summed E-state index contributed by atoms with van der Waals surface area (Å²) in [4.78, 5) is 25.0. The molecule has 0 aliphatic carbocycles. The minimum absolute atomic E-state index is 0.0339. The first kappa shape index (κ1) is 19.9. The van der Waals surface area contributed by atoms with Crippen LogP contribution >= 0.6 is 0 Å². The van der Waals surface area contributed by atoms with Crippen LogP contribution in [0.25, 0.3) is 11.3 Å². The van der Waals surface area contributed by atoms with Gasteiger partial charge in [-0.15, -0.1) is 0 Å². The molecule has 2 heterocycles. The van der Waals surface area contributed by atoms with Crippen molar-refractivity contribution in [2.45, 2.75) is 31.9 Å². The van der Waals surface area contributed by atoms with E-state index in [0.29, 0.717) is 23.7 Å². The van der Waals surface area contributed by atoms with Gasteiger partial charge in [0.25, 0.3) is 5.56 Å². The second kappa shape index (κ2) is 8.88. The third kappa shape index (κ3) is 4.33. The average Bonchev–Trinajstić information content (AvgIpc) is 3.25. The van der Waals surface area contributed by atoms with E-state index in [0.717, 1.165) is 25.0 Å². The van der Waals surface area contributed by atoms with Gasteiger partial charge >= 0.3 is 0 Å². The molecule has 1 N–H and O–H groups in total. The molecule has 1 amide bonds. The Morgan fingerprint density at radius 3 is 2.68 bits per heavy atom. The molecule has 8 nitrogen and oxygen atoms in total. The molecule has 1 fully saturated rings. The van der Waals surface area contributed by atoms with Crippen molar-refractivity contribution in [1.82, 2.24) is 15.1 Å². The Morgan fingerprint density at radius 1 is 1.32 bits per heavy atom. The predicted octanol–water partition coefficient (Wildman–Crippen LogP) is 1.78. The summed E-state index contributed by atoms with van der Waals surface area (Å²) < 4.78 is 17.2. The first-order valence-electron chi connectivity index (χ1n) is 9.25. The van der Waals surface area contributed by atoms with Crippen molar-refractivity contribution < 1.29 is 19.0 Å². The zero-order chi connectivity index (χ0) is 20.1. The van der Waals surface area contributed by atoms with Crippen LogP contribution in [0.3, 0.4) is 0 Å². The van der Waals surface area contributed by atoms with E-state index in [4.69, 9.17) is 14.2 Å². The monoisotopic (exact) mass is 387 g/mol. The molecule has 1 aliphatic heterocycles. The first-order valence-corrected chi connectivity index (χ1v) is 9.25. The van der Waals surface area contributed by atoms with Crippen molar-refractivity contribution in [2.75, 3.05) is 27.4 Å². The number of hydrogen-bond acceptors (Lipinski definition) is 6. The third-order valence-corrected chi connectivity index (χ3v) is 4.78. The fourth-order valence-electron chi connectivity index (χ4n) is 3.11. The van der Waals surface area contributed by atoms with E-state index in [2.05, 4.69) is 10.4 Å². The number of nitrogens with one attached hydrogen (secondary N) is 1. The van der Waals surface area contributed by atoms with E-state index in [-0.39, 0.29) is 12.0 Å². The summed E-state index contributed by atoms with van der Waals surface area (Å²) >= 11 is 0. The van der Waals surface area contributed by atoms with Gasteiger partial charge in [0.1, 0.15) is 17.5 Å². The summed E-state index contributed by atoms with van der Waals surface area (Å²) in [6.07, 6.45) is 1.96.